The number of ether oxygens (including phenoxy) is 1. The third kappa shape index (κ3) is 7.52. The summed E-state index contributed by atoms with van der Waals surface area (Å²) in [4.78, 5) is 4.80. The van der Waals surface area contributed by atoms with Gasteiger partial charge < -0.3 is 15.4 Å². The van der Waals surface area contributed by atoms with Crippen molar-refractivity contribution in [3.63, 3.8) is 0 Å². The lowest BCUT2D eigenvalue weighted by Crippen LogP contribution is -2.43. The van der Waals surface area contributed by atoms with Crippen LogP contribution >= 0.6 is 24.0 Å². The summed E-state index contributed by atoms with van der Waals surface area (Å²) in [5.74, 6) is 1.36. The van der Waals surface area contributed by atoms with Gasteiger partial charge in [0.2, 0.25) is 0 Å². The molecule has 1 aromatic rings. The number of halogens is 1. The Morgan fingerprint density at radius 1 is 1.36 bits per heavy atom. The van der Waals surface area contributed by atoms with Crippen molar-refractivity contribution < 1.29 is 4.74 Å². The van der Waals surface area contributed by atoms with Gasteiger partial charge in [0.25, 0.3) is 0 Å². The fourth-order valence-electron chi connectivity index (χ4n) is 3.26. The van der Waals surface area contributed by atoms with Crippen LogP contribution in [0, 0.1) is 11.3 Å². The normalized spacial score (nSPS) is 21.5. The number of nitrogens with one attached hydrogen (secondary N) is 2. The summed E-state index contributed by atoms with van der Waals surface area (Å²) in [5.41, 5.74) is 0.159. The van der Waals surface area contributed by atoms with Crippen LogP contribution in [0.4, 0.5) is 0 Å². The van der Waals surface area contributed by atoms with Gasteiger partial charge in [-0.2, -0.15) is 5.10 Å². The second kappa shape index (κ2) is 11.0. The average molecular weight is 463 g/mol. The van der Waals surface area contributed by atoms with E-state index < -0.39 is 0 Å². The topological polar surface area (TPSA) is 63.5 Å². The molecule has 0 radical (unpaired) electrons. The highest BCUT2D eigenvalue weighted by Crippen LogP contribution is 2.34. The molecule has 2 N–H and O–H groups in total. The van der Waals surface area contributed by atoms with Gasteiger partial charge in [0.05, 0.1) is 12.6 Å². The number of guanidine groups is 1. The summed E-state index contributed by atoms with van der Waals surface area (Å²) in [6.45, 7) is 13.0. The smallest absolute Gasteiger partial charge is 0.191 e. The van der Waals surface area contributed by atoms with Crippen molar-refractivity contribution >= 4 is 29.9 Å². The molecule has 0 spiro atoms. The minimum Gasteiger partial charge on any atom is -0.377 e. The van der Waals surface area contributed by atoms with Crippen LogP contribution in [-0.2, 0) is 11.3 Å². The van der Waals surface area contributed by atoms with Crippen LogP contribution in [0.1, 0.15) is 40.5 Å². The maximum atomic E-state index is 6.06. The fraction of sp³-hybridized carbons (Fsp3) is 0.778. The van der Waals surface area contributed by atoms with Crippen LogP contribution in [0.3, 0.4) is 0 Å². The molecular weight excluding hydrogens is 429 g/mol. The number of hydrogen-bond acceptors (Lipinski definition) is 3. The molecule has 144 valence electrons. The zero-order valence-electron chi connectivity index (χ0n) is 16.0. The van der Waals surface area contributed by atoms with Crippen LogP contribution in [0.5, 0.6) is 0 Å². The van der Waals surface area contributed by atoms with E-state index in [4.69, 9.17) is 9.73 Å². The van der Waals surface area contributed by atoms with Gasteiger partial charge in [-0.15, -0.1) is 24.0 Å². The molecule has 1 aliphatic rings. The Kier molecular flexibility index (Phi) is 9.78. The molecule has 1 aromatic heterocycles. The van der Waals surface area contributed by atoms with Crippen LogP contribution in [0.2, 0.25) is 0 Å². The van der Waals surface area contributed by atoms with Gasteiger partial charge in [0.15, 0.2) is 5.96 Å². The Morgan fingerprint density at radius 2 is 2.16 bits per heavy atom. The summed E-state index contributed by atoms with van der Waals surface area (Å²) in [7, 11) is 0. The van der Waals surface area contributed by atoms with E-state index in [1.807, 2.05) is 16.9 Å². The Hall–Kier alpha value is -0.830. The molecule has 0 bridgehead atoms. The molecule has 2 atom stereocenters. The second-order valence-electron chi connectivity index (χ2n) is 7.48. The first-order valence-corrected chi connectivity index (χ1v) is 9.12. The van der Waals surface area contributed by atoms with Crippen LogP contribution in [0.15, 0.2) is 23.5 Å². The lowest BCUT2D eigenvalue weighted by atomic mass is 9.78. The Bertz CT molecular complexity index is 498. The summed E-state index contributed by atoms with van der Waals surface area (Å²) in [6.07, 6.45) is 6.38. The predicted molar refractivity (Wildman–Crippen MR) is 114 cm³/mol. The number of hydrogen-bond donors (Lipinski definition) is 2. The zero-order valence-corrected chi connectivity index (χ0v) is 18.3. The predicted octanol–water partition coefficient (Wildman–Crippen LogP) is 2.90. The first-order valence-electron chi connectivity index (χ1n) is 9.12. The van der Waals surface area contributed by atoms with Crippen molar-refractivity contribution in [2.45, 2.75) is 53.2 Å². The van der Waals surface area contributed by atoms with Gasteiger partial charge in [-0.1, -0.05) is 20.8 Å². The molecule has 0 saturated carbocycles. The van der Waals surface area contributed by atoms with Gasteiger partial charge in [-0.05, 0) is 31.2 Å². The van der Waals surface area contributed by atoms with Gasteiger partial charge in [0.1, 0.15) is 0 Å². The number of rotatable bonds is 6. The van der Waals surface area contributed by atoms with Crippen molar-refractivity contribution in [2.24, 2.45) is 16.3 Å². The quantitative estimate of drug-likeness (QED) is 0.387. The standard InChI is InChI=1S/C18H33N5O.HI/c1-5-19-17(20-10-12-23-11-7-9-22-23)21-14-15-8-6-13-24-16(15)18(2,3)4;/h7,9,11,15-16H,5-6,8,10,12-14H2,1-4H3,(H2,19,20,21);1H. The highest BCUT2D eigenvalue weighted by Gasteiger charge is 2.35. The first kappa shape index (κ1) is 22.2. The lowest BCUT2D eigenvalue weighted by molar-refractivity contribution is -0.0823. The minimum absolute atomic E-state index is 0. The molecule has 25 heavy (non-hydrogen) atoms. The van der Waals surface area contributed by atoms with Gasteiger partial charge in [-0.25, -0.2) is 0 Å². The molecule has 0 amide bonds. The number of nitrogens with zero attached hydrogens (tertiary/aromatic N) is 3. The van der Waals surface area contributed by atoms with E-state index in [1.165, 1.54) is 6.42 Å². The molecule has 1 aliphatic heterocycles. The molecule has 6 nitrogen and oxygen atoms in total. The van der Waals surface area contributed by atoms with Crippen LogP contribution < -0.4 is 10.6 Å². The van der Waals surface area contributed by atoms with Gasteiger partial charge in [-0.3, -0.25) is 9.67 Å². The first-order chi connectivity index (χ1) is 11.5. The molecule has 0 aliphatic carbocycles. The van der Waals surface area contributed by atoms with E-state index in [1.54, 1.807) is 6.20 Å². The monoisotopic (exact) mass is 463 g/mol. The second-order valence-corrected chi connectivity index (χ2v) is 7.48. The van der Waals surface area contributed by atoms with Crippen molar-refractivity contribution in [3.05, 3.63) is 18.5 Å². The van der Waals surface area contributed by atoms with E-state index in [2.05, 4.69) is 43.4 Å². The largest absolute Gasteiger partial charge is 0.377 e. The third-order valence-electron chi connectivity index (χ3n) is 4.32. The molecule has 2 heterocycles. The lowest BCUT2D eigenvalue weighted by Gasteiger charge is -2.39. The molecule has 7 heteroatoms. The molecule has 1 saturated heterocycles. The van der Waals surface area contributed by atoms with Gasteiger partial charge >= 0.3 is 0 Å². The molecule has 2 unspecified atom stereocenters. The van der Waals surface area contributed by atoms with E-state index in [0.717, 1.165) is 45.2 Å². The highest BCUT2D eigenvalue weighted by atomic mass is 127. The number of aliphatic imine (C=N–C) groups is 1. The van der Waals surface area contributed by atoms with E-state index >= 15 is 0 Å². The SMILES string of the molecule is CCNC(=NCC1CCCOC1C(C)(C)C)NCCn1cccn1.I. The van der Waals surface area contributed by atoms with E-state index in [9.17, 15) is 0 Å². The third-order valence-corrected chi connectivity index (χ3v) is 4.32. The Balaban J connectivity index is 0.00000312. The molecule has 2 rings (SSSR count). The average Bonchev–Trinajstić information content (AvgIpc) is 3.05. The molecular formula is C18H34IN5O. The van der Waals surface area contributed by atoms with Crippen molar-refractivity contribution in [1.82, 2.24) is 20.4 Å². The minimum atomic E-state index is 0. The molecule has 0 aromatic carbocycles. The zero-order chi connectivity index (χ0) is 17.4. The van der Waals surface area contributed by atoms with Gasteiger partial charge in [0, 0.05) is 44.6 Å². The van der Waals surface area contributed by atoms with Crippen LogP contribution in [0.25, 0.3) is 0 Å². The maximum Gasteiger partial charge on any atom is 0.191 e. The van der Waals surface area contributed by atoms with Crippen LogP contribution in [-0.4, -0.2) is 48.1 Å². The summed E-state index contributed by atoms with van der Waals surface area (Å²) < 4.78 is 7.97. The highest BCUT2D eigenvalue weighted by molar-refractivity contribution is 14.0. The van der Waals surface area contributed by atoms with Crippen molar-refractivity contribution in [3.8, 4) is 0 Å². The fourth-order valence-corrected chi connectivity index (χ4v) is 3.26. The Morgan fingerprint density at radius 3 is 2.80 bits per heavy atom. The summed E-state index contributed by atoms with van der Waals surface area (Å²) in [6, 6.07) is 1.94. The van der Waals surface area contributed by atoms with Crippen molar-refractivity contribution in [2.75, 3.05) is 26.2 Å². The molecule has 1 fully saturated rings. The van der Waals surface area contributed by atoms with E-state index in [-0.39, 0.29) is 35.5 Å². The summed E-state index contributed by atoms with van der Waals surface area (Å²) >= 11 is 0. The van der Waals surface area contributed by atoms with E-state index in [0.29, 0.717) is 5.92 Å². The summed E-state index contributed by atoms with van der Waals surface area (Å²) in [5, 5.41) is 10.9. The van der Waals surface area contributed by atoms with Crippen molar-refractivity contribution in [1.29, 1.82) is 0 Å². The maximum absolute atomic E-state index is 6.06. The number of aromatic nitrogens is 2. The Labute approximate surface area is 169 Å².